The Kier molecular flexibility index (Phi) is 4.97. The highest BCUT2D eigenvalue weighted by molar-refractivity contribution is 5.20. The second-order valence-electron chi connectivity index (χ2n) is 8.69. The molecule has 1 unspecified atom stereocenters. The van der Waals surface area contributed by atoms with Gasteiger partial charge in [0.05, 0.1) is 12.2 Å². The molecule has 2 aromatic rings. The summed E-state index contributed by atoms with van der Waals surface area (Å²) < 4.78 is 1.71. The van der Waals surface area contributed by atoms with Crippen LogP contribution in [0.5, 0.6) is 0 Å². The van der Waals surface area contributed by atoms with Crippen LogP contribution >= 0.6 is 0 Å². The molecule has 3 aliphatic rings. The van der Waals surface area contributed by atoms with Crippen molar-refractivity contribution in [2.45, 2.75) is 82.8 Å². The molecule has 5 rings (SSSR count). The third-order valence-electron chi connectivity index (χ3n) is 6.74. The first-order chi connectivity index (χ1) is 13.8. The van der Waals surface area contributed by atoms with E-state index in [0.717, 1.165) is 43.9 Å². The van der Waals surface area contributed by atoms with Gasteiger partial charge in [0, 0.05) is 42.5 Å². The molecule has 3 heterocycles. The van der Waals surface area contributed by atoms with Gasteiger partial charge in [0.1, 0.15) is 5.82 Å². The van der Waals surface area contributed by atoms with Crippen molar-refractivity contribution >= 4 is 0 Å². The summed E-state index contributed by atoms with van der Waals surface area (Å²) in [6, 6.07) is 2.19. The van der Waals surface area contributed by atoms with E-state index >= 15 is 0 Å². The fraction of sp³-hybridized carbons (Fsp3) is 0.636. The molecule has 1 saturated heterocycles. The first-order valence-corrected chi connectivity index (χ1v) is 10.9. The van der Waals surface area contributed by atoms with Gasteiger partial charge in [-0.25, -0.2) is 14.6 Å². The van der Waals surface area contributed by atoms with Gasteiger partial charge in [0.2, 0.25) is 0 Å². The Morgan fingerprint density at radius 2 is 1.82 bits per heavy atom. The predicted octanol–water partition coefficient (Wildman–Crippen LogP) is 2.84. The maximum absolute atomic E-state index is 12.5. The van der Waals surface area contributed by atoms with Gasteiger partial charge in [0.25, 0.3) is 5.56 Å². The summed E-state index contributed by atoms with van der Waals surface area (Å²) in [4.78, 5) is 24.2. The molecule has 1 saturated carbocycles. The van der Waals surface area contributed by atoms with E-state index in [4.69, 9.17) is 5.10 Å². The number of fused-ring (bicyclic) bond motifs is 1. The van der Waals surface area contributed by atoms with E-state index in [9.17, 15) is 4.79 Å². The molecule has 2 aromatic heterocycles. The highest BCUT2D eigenvalue weighted by Gasteiger charge is 2.27. The molecule has 2 fully saturated rings. The van der Waals surface area contributed by atoms with E-state index in [1.165, 1.54) is 49.7 Å². The van der Waals surface area contributed by atoms with Crippen molar-refractivity contribution in [3.63, 3.8) is 0 Å². The van der Waals surface area contributed by atoms with E-state index in [0.29, 0.717) is 18.5 Å². The Morgan fingerprint density at radius 3 is 2.61 bits per heavy atom. The van der Waals surface area contributed by atoms with Crippen molar-refractivity contribution in [2.24, 2.45) is 0 Å². The lowest BCUT2D eigenvalue weighted by Crippen LogP contribution is -2.37. The van der Waals surface area contributed by atoms with Crippen molar-refractivity contribution in [1.82, 2.24) is 24.6 Å². The Morgan fingerprint density at radius 1 is 1.00 bits per heavy atom. The molecule has 0 radical (unpaired) electrons. The molecule has 28 heavy (non-hydrogen) atoms. The molecule has 2 aliphatic carbocycles. The first-order valence-electron chi connectivity index (χ1n) is 10.9. The van der Waals surface area contributed by atoms with E-state index in [1.54, 1.807) is 4.68 Å². The van der Waals surface area contributed by atoms with Crippen molar-refractivity contribution in [2.75, 3.05) is 6.54 Å². The van der Waals surface area contributed by atoms with Gasteiger partial charge in [-0.15, -0.1) is 0 Å². The Balaban J connectivity index is 1.27. The third-order valence-corrected chi connectivity index (χ3v) is 6.74. The van der Waals surface area contributed by atoms with Gasteiger partial charge in [-0.1, -0.05) is 6.42 Å². The lowest BCUT2D eigenvalue weighted by molar-refractivity contribution is 0.215. The van der Waals surface area contributed by atoms with Crippen molar-refractivity contribution in [1.29, 1.82) is 0 Å². The van der Waals surface area contributed by atoms with Crippen LogP contribution in [0.2, 0.25) is 0 Å². The van der Waals surface area contributed by atoms with Crippen LogP contribution < -0.4 is 5.56 Å². The fourth-order valence-electron chi connectivity index (χ4n) is 4.80. The zero-order valence-electron chi connectivity index (χ0n) is 16.5. The normalized spacial score (nSPS) is 22.8. The molecule has 0 bridgehead atoms. The summed E-state index contributed by atoms with van der Waals surface area (Å²) in [6.07, 6.45) is 14.4. The minimum Gasteiger partial charge on any atom is -0.294 e. The Bertz CT molecular complexity index is 887. The summed E-state index contributed by atoms with van der Waals surface area (Å²) in [6.45, 7) is 2.61. The van der Waals surface area contributed by atoms with Crippen LogP contribution in [0.4, 0.5) is 0 Å². The Hall–Kier alpha value is -2.08. The third kappa shape index (κ3) is 3.62. The number of rotatable bonds is 5. The number of likely N-dealkylation sites (tertiary alicyclic amines) is 1. The molecule has 0 spiro atoms. The van der Waals surface area contributed by atoms with Crippen LogP contribution in [0.3, 0.4) is 0 Å². The molecule has 0 N–H and O–H groups in total. The maximum Gasteiger partial charge on any atom is 0.267 e. The molecule has 6 heteroatoms. The fourth-order valence-corrected chi connectivity index (χ4v) is 4.80. The van der Waals surface area contributed by atoms with Crippen LogP contribution in [0, 0.1) is 0 Å². The Labute approximate surface area is 166 Å². The summed E-state index contributed by atoms with van der Waals surface area (Å²) >= 11 is 0. The molecular formula is C22H29N5O. The molecule has 0 amide bonds. The molecule has 1 aliphatic heterocycles. The minimum absolute atomic E-state index is 0.0562. The van der Waals surface area contributed by atoms with Crippen LogP contribution in [-0.2, 0) is 25.9 Å². The van der Waals surface area contributed by atoms with Crippen molar-refractivity contribution in [3.8, 4) is 0 Å². The average molecular weight is 380 g/mol. The average Bonchev–Trinajstić information content (AvgIpc) is 3.09. The van der Waals surface area contributed by atoms with E-state index in [1.807, 2.05) is 18.5 Å². The number of aryl methyl sites for hydroxylation is 2. The monoisotopic (exact) mass is 379 g/mol. The minimum atomic E-state index is 0.0562. The standard InChI is InChI=1S/C22H29N5O/c28-21-11-18-5-1-2-9-20(18)25-27(21)15-19-8-4-10-26(19)14-16-12-23-22(24-13-16)17-6-3-7-17/h11-13,17,19H,1-10,14-15H2. The number of hydrogen-bond acceptors (Lipinski definition) is 5. The smallest absolute Gasteiger partial charge is 0.267 e. The zero-order chi connectivity index (χ0) is 18.9. The summed E-state index contributed by atoms with van der Waals surface area (Å²) in [5.74, 6) is 1.59. The molecule has 148 valence electrons. The van der Waals surface area contributed by atoms with Crippen LogP contribution in [0.1, 0.15) is 73.5 Å². The quantitative estimate of drug-likeness (QED) is 0.799. The lowest BCUT2D eigenvalue weighted by Gasteiger charge is -2.26. The summed E-state index contributed by atoms with van der Waals surface area (Å²) in [5, 5.41) is 4.72. The molecule has 0 aromatic carbocycles. The van der Waals surface area contributed by atoms with Crippen molar-refractivity contribution < 1.29 is 0 Å². The maximum atomic E-state index is 12.5. The van der Waals surface area contributed by atoms with Gasteiger partial charge >= 0.3 is 0 Å². The van der Waals surface area contributed by atoms with Gasteiger partial charge in [0.15, 0.2) is 0 Å². The number of aromatic nitrogens is 4. The molecular weight excluding hydrogens is 350 g/mol. The second-order valence-corrected chi connectivity index (χ2v) is 8.69. The largest absolute Gasteiger partial charge is 0.294 e. The summed E-state index contributed by atoms with van der Waals surface area (Å²) in [5.41, 5.74) is 3.52. The van der Waals surface area contributed by atoms with Gasteiger partial charge < -0.3 is 0 Å². The molecule has 1 atom stereocenters. The second kappa shape index (κ2) is 7.74. The van der Waals surface area contributed by atoms with Crippen molar-refractivity contribution in [3.05, 3.63) is 51.5 Å². The van der Waals surface area contributed by atoms with Gasteiger partial charge in [-0.3, -0.25) is 9.69 Å². The van der Waals surface area contributed by atoms with Gasteiger partial charge in [-0.05, 0) is 63.5 Å². The van der Waals surface area contributed by atoms with Crippen LogP contribution in [0.25, 0.3) is 0 Å². The highest BCUT2D eigenvalue weighted by Crippen LogP contribution is 2.34. The van der Waals surface area contributed by atoms with E-state index < -0.39 is 0 Å². The summed E-state index contributed by atoms with van der Waals surface area (Å²) in [7, 11) is 0. The molecule has 6 nitrogen and oxygen atoms in total. The SMILES string of the molecule is O=c1cc2c(nn1CC1CCCN1Cc1cnc(C3CCC3)nc1)CCCC2. The van der Waals surface area contributed by atoms with E-state index in [2.05, 4.69) is 14.9 Å². The highest BCUT2D eigenvalue weighted by atomic mass is 16.1. The number of nitrogens with zero attached hydrogens (tertiary/aromatic N) is 5. The lowest BCUT2D eigenvalue weighted by atomic mass is 9.85. The topological polar surface area (TPSA) is 63.9 Å². The zero-order valence-corrected chi connectivity index (χ0v) is 16.5. The first kappa shape index (κ1) is 18.0. The predicted molar refractivity (Wildman–Crippen MR) is 107 cm³/mol. The van der Waals surface area contributed by atoms with E-state index in [-0.39, 0.29) is 5.56 Å². The van der Waals surface area contributed by atoms with Crippen LogP contribution in [0.15, 0.2) is 23.3 Å². The van der Waals surface area contributed by atoms with Gasteiger partial charge in [-0.2, -0.15) is 5.10 Å². The van der Waals surface area contributed by atoms with Crippen LogP contribution in [-0.4, -0.2) is 37.2 Å². The number of hydrogen-bond donors (Lipinski definition) is 0.